The van der Waals surface area contributed by atoms with Crippen LogP contribution in [0.15, 0.2) is 18.2 Å². The number of benzene rings is 1. The molecular formula is C15H24N2O. The summed E-state index contributed by atoms with van der Waals surface area (Å²) in [6.45, 7) is 7.11. The highest BCUT2D eigenvalue weighted by Crippen LogP contribution is 2.25. The largest absolute Gasteiger partial charge is 0.393 e. The molecule has 1 aromatic carbocycles. The van der Waals surface area contributed by atoms with Gasteiger partial charge in [-0.15, -0.1) is 0 Å². The summed E-state index contributed by atoms with van der Waals surface area (Å²) in [5.74, 6) is 0.357. The lowest BCUT2D eigenvalue weighted by molar-refractivity contribution is 0.0971. The lowest BCUT2D eigenvalue weighted by Gasteiger charge is -2.36. The molecule has 0 bridgehead atoms. The third-order valence-corrected chi connectivity index (χ3v) is 3.92. The SMILES string of the molecule is CNCc1ccc(N2CCC(O)C(C)C2)cc1C. The van der Waals surface area contributed by atoms with Gasteiger partial charge in [0.05, 0.1) is 6.10 Å². The first-order valence-electron chi connectivity index (χ1n) is 6.79. The lowest BCUT2D eigenvalue weighted by atomic mass is 9.96. The zero-order valence-corrected chi connectivity index (χ0v) is 11.6. The van der Waals surface area contributed by atoms with E-state index in [9.17, 15) is 5.11 Å². The first-order chi connectivity index (χ1) is 8.61. The van der Waals surface area contributed by atoms with Gasteiger partial charge in [0.2, 0.25) is 0 Å². The van der Waals surface area contributed by atoms with Crippen molar-refractivity contribution in [3.63, 3.8) is 0 Å². The smallest absolute Gasteiger partial charge is 0.0599 e. The summed E-state index contributed by atoms with van der Waals surface area (Å²) in [5, 5.41) is 13.0. The van der Waals surface area contributed by atoms with Gasteiger partial charge in [0.1, 0.15) is 0 Å². The van der Waals surface area contributed by atoms with Crippen LogP contribution >= 0.6 is 0 Å². The fourth-order valence-corrected chi connectivity index (χ4v) is 2.63. The van der Waals surface area contributed by atoms with Gasteiger partial charge in [-0.3, -0.25) is 0 Å². The Balaban J connectivity index is 2.12. The van der Waals surface area contributed by atoms with Crippen molar-refractivity contribution < 1.29 is 5.11 Å². The topological polar surface area (TPSA) is 35.5 Å². The number of nitrogens with zero attached hydrogens (tertiary/aromatic N) is 1. The first-order valence-corrected chi connectivity index (χ1v) is 6.79. The number of hydrogen-bond acceptors (Lipinski definition) is 3. The molecule has 0 saturated carbocycles. The highest BCUT2D eigenvalue weighted by molar-refractivity contribution is 5.51. The normalized spacial score (nSPS) is 24.3. The Bertz CT molecular complexity index is 405. The summed E-state index contributed by atoms with van der Waals surface area (Å²) < 4.78 is 0. The molecule has 1 aromatic rings. The molecule has 3 heteroatoms. The molecule has 1 saturated heterocycles. The average Bonchev–Trinajstić information content (AvgIpc) is 2.35. The maximum Gasteiger partial charge on any atom is 0.0599 e. The number of piperidine rings is 1. The van der Waals surface area contributed by atoms with Crippen molar-refractivity contribution in [3.8, 4) is 0 Å². The monoisotopic (exact) mass is 248 g/mol. The lowest BCUT2D eigenvalue weighted by Crippen LogP contribution is -2.42. The van der Waals surface area contributed by atoms with E-state index in [0.717, 1.165) is 26.1 Å². The molecule has 0 spiro atoms. The van der Waals surface area contributed by atoms with E-state index in [-0.39, 0.29) is 6.10 Å². The number of aryl methyl sites for hydroxylation is 1. The minimum Gasteiger partial charge on any atom is -0.393 e. The molecule has 2 unspecified atom stereocenters. The molecule has 2 N–H and O–H groups in total. The van der Waals surface area contributed by atoms with Crippen LogP contribution in [-0.2, 0) is 6.54 Å². The molecule has 3 nitrogen and oxygen atoms in total. The predicted molar refractivity (Wildman–Crippen MR) is 75.9 cm³/mol. The average molecular weight is 248 g/mol. The summed E-state index contributed by atoms with van der Waals surface area (Å²) in [6, 6.07) is 6.66. The number of hydrogen-bond donors (Lipinski definition) is 2. The molecule has 0 aliphatic carbocycles. The van der Waals surface area contributed by atoms with Crippen molar-refractivity contribution in [2.45, 2.75) is 32.9 Å². The molecular weight excluding hydrogens is 224 g/mol. The quantitative estimate of drug-likeness (QED) is 0.858. The maximum atomic E-state index is 9.78. The number of anilines is 1. The van der Waals surface area contributed by atoms with Crippen molar-refractivity contribution in [1.29, 1.82) is 0 Å². The Morgan fingerprint density at radius 2 is 2.22 bits per heavy atom. The fraction of sp³-hybridized carbons (Fsp3) is 0.600. The van der Waals surface area contributed by atoms with Gasteiger partial charge in [-0.1, -0.05) is 13.0 Å². The van der Waals surface area contributed by atoms with Crippen molar-refractivity contribution in [3.05, 3.63) is 29.3 Å². The van der Waals surface area contributed by atoms with E-state index in [2.05, 4.69) is 42.3 Å². The maximum absolute atomic E-state index is 9.78. The summed E-state index contributed by atoms with van der Waals surface area (Å²) in [6.07, 6.45) is 0.740. The van der Waals surface area contributed by atoms with E-state index in [4.69, 9.17) is 0 Å². The van der Waals surface area contributed by atoms with Crippen LogP contribution in [0.5, 0.6) is 0 Å². The van der Waals surface area contributed by atoms with Gasteiger partial charge < -0.3 is 15.3 Å². The molecule has 1 heterocycles. The molecule has 2 atom stereocenters. The Hall–Kier alpha value is -1.06. The highest BCUT2D eigenvalue weighted by Gasteiger charge is 2.24. The van der Waals surface area contributed by atoms with Gasteiger partial charge in [-0.25, -0.2) is 0 Å². The molecule has 2 rings (SSSR count). The van der Waals surface area contributed by atoms with E-state index in [1.54, 1.807) is 0 Å². The first kappa shape index (κ1) is 13.4. The molecule has 1 fully saturated rings. The molecule has 0 radical (unpaired) electrons. The van der Waals surface area contributed by atoms with Crippen LogP contribution in [0.2, 0.25) is 0 Å². The van der Waals surface area contributed by atoms with Gasteiger partial charge in [0, 0.05) is 25.3 Å². The Morgan fingerprint density at radius 3 is 2.83 bits per heavy atom. The van der Waals surface area contributed by atoms with Crippen molar-refractivity contribution in [1.82, 2.24) is 5.32 Å². The molecule has 0 amide bonds. The van der Waals surface area contributed by atoms with Gasteiger partial charge in [0.25, 0.3) is 0 Å². The summed E-state index contributed by atoms with van der Waals surface area (Å²) in [4.78, 5) is 2.38. The molecule has 18 heavy (non-hydrogen) atoms. The van der Waals surface area contributed by atoms with Gasteiger partial charge in [-0.2, -0.15) is 0 Å². The van der Waals surface area contributed by atoms with Crippen LogP contribution in [0, 0.1) is 12.8 Å². The van der Waals surface area contributed by atoms with Crippen LogP contribution in [0.1, 0.15) is 24.5 Å². The predicted octanol–water partition coefficient (Wildman–Crippen LogP) is 1.92. The molecule has 100 valence electrons. The molecule has 1 aliphatic rings. The summed E-state index contributed by atoms with van der Waals surface area (Å²) in [5.41, 5.74) is 3.97. The third-order valence-electron chi connectivity index (χ3n) is 3.92. The number of aliphatic hydroxyl groups is 1. The second kappa shape index (κ2) is 5.72. The van der Waals surface area contributed by atoms with Crippen LogP contribution in [0.25, 0.3) is 0 Å². The van der Waals surface area contributed by atoms with E-state index >= 15 is 0 Å². The van der Waals surface area contributed by atoms with E-state index in [1.807, 2.05) is 7.05 Å². The van der Waals surface area contributed by atoms with Gasteiger partial charge >= 0.3 is 0 Å². The fourth-order valence-electron chi connectivity index (χ4n) is 2.63. The Morgan fingerprint density at radius 1 is 1.44 bits per heavy atom. The number of aliphatic hydroxyl groups excluding tert-OH is 1. The van der Waals surface area contributed by atoms with Crippen LogP contribution in [0.4, 0.5) is 5.69 Å². The standard InChI is InChI=1S/C15H24N2O/c1-11-8-14(5-4-13(11)9-16-3)17-7-6-15(18)12(2)10-17/h4-5,8,12,15-16,18H,6-7,9-10H2,1-3H3. The van der Waals surface area contributed by atoms with Crippen LogP contribution in [-0.4, -0.2) is 31.3 Å². The zero-order chi connectivity index (χ0) is 13.1. The van der Waals surface area contributed by atoms with E-state index in [0.29, 0.717) is 5.92 Å². The number of nitrogens with one attached hydrogen (secondary N) is 1. The second-order valence-electron chi connectivity index (χ2n) is 5.42. The third kappa shape index (κ3) is 2.85. The van der Waals surface area contributed by atoms with Crippen LogP contribution in [0.3, 0.4) is 0 Å². The van der Waals surface area contributed by atoms with E-state index < -0.39 is 0 Å². The van der Waals surface area contributed by atoms with Crippen molar-refractivity contribution >= 4 is 5.69 Å². The van der Waals surface area contributed by atoms with Crippen LogP contribution < -0.4 is 10.2 Å². The molecule has 1 aliphatic heterocycles. The Kier molecular flexibility index (Phi) is 4.25. The summed E-state index contributed by atoms with van der Waals surface area (Å²) >= 11 is 0. The Labute approximate surface area is 110 Å². The van der Waals surface area contributed by atoms with Gasteiger partial charge in [0.15, 0.2) is 0 Å². The highest BCUT2D eigenvalue weighted by atomic mass is 16.3. The minimum atomic E-state index is -0.133. The molecule has 0 aromatic heterocycles. The zero-order valence-electron chi connectivity index (χ0n) is 11.6. The minimum absolute atomic E-state index is 0.133. The van der Waals surface area contributed by atoms with Gasteiger partial charge in [-0.05, 0) is 49.6 Å². The van der Waals surface area contributed by atoms with Crippen molar-refractivity contribution in [2.75, 3.05) is 25.0 Å². The summed E-state index contributed by atoms with van der Waals surface area (Å²) in [7, 11) is 1.97. The number of rotatable bonds is 3. The van der Waals surface area contributed by atoms with E-state index in [1.165, 1.54) is 16.8 Å². The van der Waals surface area contributed by atoms with Crippen molar-refractivity contribution in [2.24, 2.45) is 5.92 Å². The second-order valence-corrected chi connectivity index (χ2v) is 5.42.